The molecular formula is C16H19N5. The second-order valence-electron chi connectivity index (χ2n) is 5.38. The number of anilines is 1. The third kappa shape index (κ3) is 2.81. The maximum atomic E-state index is 5.73. The van der Waals surface area contributed by atoms with Crippen molar-refractivity contribution in [1.82, 2.24) is 19.3 Å². The van der Waals surface area contributed by atoms with Crippen molar-refractivity contribution >= 4 is 5.69 Å². The van der Waals surface area contributed by atoms with Crippen LogP contribution in [0.4, 0.5) is 5.69 Å². The van der Waals surface area contributed by atoms with E-state index in [1.54, 1.807) is 0 Å². The molecule has 0 fully saturated rings. The number of nitrogen functional groups attached to an aromatic ring is 1. The molecule has 108 valence electrons. The van der Waals surface area contributed by atoms with E-state index in [0.717, 1.165) is 22.8 Å². The SMILES string of the molecule is CC(C)n1ccc(Cn2ccnc2-c2ccc(N)cc2)n1. The third-order valence-corrected chi connectivity index (χ3v) is 3.41. The lowest BCUT2D eigenvalue weighted by Gasteiger charge is -2.07. The Labute approximate surface area is 124 Å². The average Bonchev–Trinajstić information content (AvgIpc) is 3.10. The summed E-state index contributed by atoms with van der Waals surface area (Å²) < 4.78 is 4.06. The van der Waals surface area contributed by atoms with Crippen LogP contribution in [0, 0.1) is 0 Å². The molecule has 2 N–H and O–H groups in total. The normalized spacial score (nSPS) is 11.2. The smallest absolute Gasteiger partial charge is 0.140 e. The summed E-state index contributed by atoms with van der Waals surface area (Å²) in [4.78, 5) is 4.44. The van der Waals surface area contributed by atoms with Crippen LogP contribution >= 0.6 is 0 Å². The number of nitrogens with two attached hydrogens (primary N) is 1. The van der Waals surface area contributed by atoms with E-state index in [0.29, 0.717) is 12.6 Å². The minimum atomic E-state index is 0.373. The fraction of sp³-hybridized carbons (Fsp3) is 0.250. The molecule has 0 unspecified atom stereocenters. The maximum Gasteiger partial charge on any atom is 0.140 e. The summed E-state index contributed by atoms with van der Waals surface area (Å²) in [6.07, 6.45) is 5.80. The van der Waals surface area contributed by atoms with Crippen LogP contribution in [0.5, 0.6) is 0 Å². The molecule has 3 rings (SSSR count). The zero-order valence-corrected chi connectivity index (χ0v) is 12.3. The lowest BCUT2D eigenvalue weighted by Crippen LogP contribution is -2.05. The number of aromatic nitrogens is 4. The number of rotatable bonds is 4. The van der Waals surface area contributed by atoms with E-state index in [-0.39, 0.29) is 0 Å². The summed E-state index contributed by atoms with van der Waals surface area (Å²) in [6.45, 7) is 4.95. The second-order valence-corrected chi connectivity index (χ2v) is 5.38. The summed E-state index contributed by atoms with van der Waals surface area (Å²) in [6, 6.07) is 10.2. The first-order valence-corrected chi connectivity index (χ1v) is 7.04. The summed E-state index contributed by atoms with van der Waals surface area (Å²) in [5, 5.41) is 4.58. The van der Waals surface area contributed by atoms with E-state index in [2.05, 4.69) is 28.5 Å². The van der Waals surface area contributed by atoms with Gasteiger partial charge in [-0.3, -0.25) is 4.68 Å². The molecule has 2 heterocycles. The molecule has 0 aliphatic heterocycles. The van der Waals surface area contributed by atoms with E-state index in [9.17, 15) is 0 Å². The van der Waals surface area contributed by atoms with Crippen molar-refractivity contribution in [2.45, 2.75) is 26.4 Å². The highest BCUT2D eigenvalue weighted by atomic mass is 15.3. The Morgan fingerprint density at radius 1 is 1.10 bits per heavy atom. The van der Waals surface area contributed by atoms with Gasteiger partial charge in [-0.05, 0) is 44.2 Å². The van der Waals surface area contributed by atoms with Gasteiger partial charge in [-0.1, -0.05) is 0 Å². The largest absolute Gasteiger partial charge is 0.399 e. The highest BCUT2D eigenvalue weighted by Gasteiger charge is 2.08. The van der Waals surface area contributed by atoms with Gasteiger partial charge in [0.15, 0.2) is 0 Å². The van der Waals surface area contributed by atoms with E-state index < -0.39 is 0 Å². The van der Waals surface area contributed by atoms with Crippen LogP contribution in [-0.2, 0) is 6.54 Å². The number of hydrogen-bond donors (Lipinski definition) is 1. The van der Waals surface area contributed by atoms with Crippen LogP contribution in [-0.4, -0.2) is 19.3 Å². The zero-order valence-electron chi connectivity index (χ0n) is 12.3. The van der Waals surface area contributed by atoms with Gasteiger partial charge in [0, 0.05) is 35.9 Å². The van der Waals surface area contributed by atoms with Gasteiger partial charge in [-0.2, -0.15) is 5.10 Å². The van der Waals surface area contributed by atoms with Gasteiger partial charge < -0.3 is 10.3 Å². The Kier molecular flexibility index (Phi) is 3.48. The summed E-state index contributed by atoms with van der Waals surface area (Å²) in [5.41, 5.74) is 8.57. The summed E-state index contributed by atoms with van der Waals surface area (Å²) >= 11 is 0. The van der Waals surface area contributed by atoms with E-state index >= 15 is 0 Å². The quantitative estimate of drug-likeness (QED) is 0.748. The van der Waals surface area contributed by atoms with Crippen molar-refractivity contribution in [3.05, 3.63) is 54.6 Å². The van der Waals surface area contributed by atoms with Crippen LogP contribution in [0.15, 0.2) is 48.9 Å². The first kappa shape index (κ1) is 13.4. The molecule has 0 bridgehead atoms. The zero-order chi connectivity index (χ0) is 14.8. The Balaban J connectivity index is 1.86. The minimum absolute atomic E-state index is 0.373. The van der Waals surface area contributed by atoms with Crippen molar-refractivity contribution in [2.75, 3.05) is 5.73 Å². The van der Waals surface area contributed by atoms with Gasteiger partial charge in [-0.15, -0.1) is 0 Å². The van der Waals surface area contributed by atoms with Gasteiger partial charge in [-0.25, -0.2) is 4.98 Å². The van der Waals surface area contributed by atoms with E-state index in [1.165, 1.54) is 0 Å². The molecule has 0 saturated heterocycles. The molecule has 3 aromatic rings. The molecular weight excluding hydrogens is 262 g/mol. The number of nitrogens with zero attached hydrogens (tertiary/aromatic N) is 4. The molecule has 5 heteroatoms. The third-order valence-electron chi connectivity index (χ3n) is 3.41. The van der Waals surface area contributed by atoms with Crippen molar-refractivity contribution in [3.63, 3.8) is 0 Å². The van der Waals surface area contributed by atoms with Crippen molar-refractivity contribution in [3.8, 4) is 11.4 Å². The van der Waals surface area contributed by atoms with Gasteiger partial charge in [0.1, 0.15) is 5.82 Å². The van der Waals surface area contributed by atoms with Crippen LogP contribution in [0.2, 0.25) is 0 Å². The minimum Gasteiger partial charge on any atom is -0.399 e. The fourth-order valence-electron chi connectivity index (χ4n) is 2.25. The molecule has 2 aromatic heterocycles. The monoisotopic (exact) mass is 281 g/mol. The first-order valence-electron chi connectivity index (χ1n) is 7.04. The van der Waals surface area contributed by atoms with Gasteiger partial charge in [0.2, 0.25) is 0 Å². The van der Waals surface area contributed by atoms with Gasteiger partial charge in [0.05, 0.1) is 12.2 Å². The molecule has 0 radical (unpaired) electrons. The standard InChI is InChI=1S/C16H19N5/c1-12(2)21-9-7-15(19-21)11-20-10-8-18-16(20)13-3-5-14(17)6-4-13/h3-10,12H,11,17H2,1-2H3. The highest BCUT2D eigenvalue weighted by Crippen LogP contribution is 2.19. The van der Waals surface area contributed by atoms with Crippen molar-refractivity contribution < 1.29 is 0 Å². The summed E-state index contributed by atoms with van der Waals surface area (Å²) in [7, 11) is 0. The van der Waals surface area contributed by atoms with Gasteiger partial charge >= 0.3 is 0 Å². The molecule has 0 atom stereocenters. The lowest BCUT2D eigenvalue weighted by molar-refractivity contribution is 0.524. The molecule has 1 aromatic carbocycles. The Hall–Kier alpha value is -2.56. The lowest BCUT2D eigenvalue weighted by atomic mass is 10.2. The molecule has 21 heavy (non-hydrogen) atoms. The predicted octanol–water partition coefficient (Wildman–Crippen LogP) is 2.96. The molecule has 0 amide bonds. The second kappa shape index (κ2) is 5.44. The van der Waals surface area contributed by atoms with Crippen LogP contribution in [0.25, 0.3) is 11.4 Å². The highest BCUT2D eigenvalue weighted by molar-refractivity contribution is 5.59. The van der Waals surface area contributed by atoms with Crippen LogP contribution in [0.1, 0.15) is 25.6 Å². The number of imidazole rings is 1. The maximum absolute atomic E-state index is 5.73. The molecule has 5 nitrogen and oxygen atoms in total. The topological polar surface area (TPSA) is 61.7 Å². The predicted molar refractivity (Wildman–Crippen MR) is 83.8 cm³/mol. The van der Waals surface area contributed by atoms with Crippen LogP contribution < -0.4 is 5.73 Å². The van der Waals surface area contributed by atoms with Gasteiger partial charge in [0.25, 0.3) is 0 Å². The molecule has 0 aliphatic carbocycles. The number of hydrogen-bond acceptors (Lipinski definition) is 3. The van der Waals surface area contributed by atoms with Crippen molar-refractivity contribution in [1.29, 1.82) is 0 Å². The average molecular weight is 281 g/mol. The van der Waals surface area contributed by atoms with Crippen LogP contribution in [0.3, 0.4) is 0 Å². The Morgan fingerprint density at radius 2 is 1.86 bits per heavy atom. The fourth-order valence-corrected chi connectivity index (χ4v) is 2.25. The van der Waals surface area contributed by atoms with E-state index in [1.807, 2.05) is 53.6 Å². The Bertz CT molecular complexity index is 721. The molecule has 0 spiro atoms. The van der Waals surface area contributed by atoms with Crippen molar-refractivity contribution in [2.24, 2.45) is 0 Å². The Morgan fingerprint density at radius 3 is 2.52 bits per heavy atom. The molecule has 0 saturated carbocycles. The molecule has 0 aliphatic rings. The summed E-state index contributed by atoms with van der Waals surface area (Å²) in [5.74, 6) is 0.925. The first-order chi connectivity index (χ1) is 10.1. The van der Waals surface area contributed by atoms with E-state index in [4.69, 9.17) is 5.73 Å². The number of benzene rings is 1.